The van der Waals surface area contributed by atoms with E-state index in [9.17, 15) is 9.59 Å². The minimum atomic E-state index is -0.263. The lowest BCUT2D eigenvalue weighted by Gasteiger charge is -2.16. The summed E-state index contributed by atoms with van der Waals surface area (Å²) < 4.78 is 11.7. The molecule has 1 heterocycles. The van der Waals surface area contributed by atoms with E-state index in [1.807, 2.05) is 70.2 Å². The second kappa shape index (κ2) is 11.2. The zero-order valence-corrected chi connectivity index (χ0v) is 23.0. The van der Waals surface area contributed by atoms with Crippen LogP contribution in [0.4, 0.5) is 11.4 Å². The minimum absolute atomic E-state index is 0.165. The topological polar surface area (TPSA) is 67.9 Å². The molecule has 1 N–H and O–H groups in total. The first-order valence-corrected chi connectivity index (χ1v) is 12.9. The van der Waals surface area contributed by atoms with E-state index in [0.717, 1.165) is 39.2 Å². The number of anilines is 2. The number of nitrogens with zero attached hydrogens (tertiary/aromatic N) is 1. The molecule has 190 valence electrons. The number of amides is 2. The lowest BCUT2D eigenvalue weighted by Crippen LogP contribution is -2.28. The van der Waals surface area contributed by atoms with E-state index < -0.39 is 0 Å². The fourth-order valence-electron chi connectivity index (χ4n) is 4.23. The minimum Gasteiger partial charge on any atom is -0.493 e. The number of thiocarbonyl (C=S) groups is 1. The van der Waals surface area contributed by atoms with Crippen molar-refractivity contribution < 1.29 is 19.1 Å². The van der Waals surface area contributed by atoms with E-state index in [-0.39, 0.29) is 18.4 Å². The molecule has 0 aliphatic carbocycles. The van der Waals surface area contributed by atoms with Gasteiger partial charge in [-0.25, -0.2) is 0 Å². The number of ether oxygens (including phenoxy) is 2. The van der Waals surface area contributed by atoms with E-state index in [0.29, 0.717) is 20.7 Å². The fraction of sp³-hybridized carbons (Fsp3) is 0.207. The van der Waals surface area contributed by atoms with E-state index in [1.54, 1.807) is 23.1 Å². The predicted octanol–water partition coefficient (Wildman–Crippen LogP) is 6.35. The second-order valence-corrected chi connectivity index (χ2v) is 10.5. The molecule has 2 amide bonds. The quantitative estimate of drug-likeness (QED) is 0.282. The van der Waals surface area contributed by atoms with Gasteiger partial charge in [-0.3, -0.25) is 14.5 Å². The monoisotopic (exact) mass is 532 g/mol. The molecule has 6 nitrogen and oxygen atoms in total. The van der Waals surface area contributed by atoms with Gasteiger partial charge in [-0.2, -0.15) is 0 Å². The highest BCUT2D eigenvalue weighted by Gasteiger charge is 2.34. The molecule has 1 saturated heterocycles. The van der Waals surface area contributed by atoms with Crippen molar-refractivity contribution in [2.24, 2.45) is 0 Å². The van der Waals surface area contributed by atoms with Crippen LogP contribution in [-0.4, -0.2) is 29.9 Å². The first kappa shape index (κ1) is 26.4. The summed E-state index contributed by atoms with van der Waals surface area (Å²) in [4.78, 5) is 27.8. The molecule has 8 heteroatoms. The van der Waals surface area contributed by atoms with Crippen LogP contribution in [0.5, 0.6) is 11.5 Å². The van der Waals surface area contributed by atoms with Crippen LogP contribution in [0.3, 0.4) is 0 Å². The number of carbonyl (C=O) groups excluding carboxylic acids is 2. The zero-order valence-electron chi connectivity index (χ0n) is 21.4. The van der Waals surface area contributed by atoms with Crippen LogP contribution in [0.25, 0.3) is 6.08 Å². The molecule has 3 aromatic carbocycles. The number of carbonyl (C=O) groups is 2. The van der Waals surface area contributed by atoms with Gasteiger partial charge in [-0.1, -0.05) is 65.9 Å². The first-order chi connectivity index (χ1) is 17.7. The predicted molar refractivity (Wildman–Crippen MR) is 155 cm³/mol. The Morgan fingerprint density at radius 1 is 1.00 bits per heavy atom. The van der Waals surface area contributed by atoms with Crippen molar-refractivity contribution in [1.29, 1.82) is 0 Å². The number of thioether (sulfide) groups is 1. The third-order valence-electron chi connectivity index (χ3n) is 5.94. The summed E-state index contributed by atoms with van der Waals surface area (Å²) in [6.07, 6.45) is 1.78. The van der Waals surface area contributed by atoms with Gasteiger partial charge in [0.2, 0.25) is 0 Å². The molecule has 0 radical (unpaired) electrons. The lowest BCUT2D eigenvalue weighted by molar-refractivity contribution is -0.118. The van der Waals surface area contributed by atoms with E-state index in [2.05, 4.69) is 5.32 Å². The summed E-state index contributed by atoms with van der Waals surface area (Å²) in [5.74, 6) is 0.459. The molecule has 0 unspecified atom stereocenters. The number of methoxy groups -OCH3 is 1. The Labute approximate surface area is 226 Å². The van der Waals surface area contributed by atoms with Gasteiger partial charge in [0.05, 0.1) is 17.7 Å². The van der Waals surface area contributed by atoms with Crippen molar-refractivity contribution in [3.8, 4) is 11.5 Å². The molecular formula is C29H28N2O4S2. The fourth-order valence-corrected chi connectivity index (χ4v) is 5.52. The molecule has 1 aliphatic rings. The summed E-state index contributed by atoms with van der Waals surface area (Å²) in [5.41, 5.74) is 6.45. The molecule has 4 rings (SSSR count). The van der Waals surface area contributed by atoms with Crippen molar-refractivity contribution in [1.82, 2.24) is 0 Å². The Morgan fingerprint density at radius 3 is 2.38 bits per heavy atom. The van der Waals surface area contributed by atoms with Crippen LogP contribution < -0.4 is 19.7 Å². The van der Waals surface area contributed by atoms with Crippen molar-refractivity contribution in [3.63, 3.8) is 0 Å². The Kier molecular flexibility index (Phi) is 8.00. The van der Waals surface area contributed by atoms with Gasteiger partial charge < -0.3 is 14.8 Å². The number of benzene rings is 3. The lowest BCUT2D eigenvalue weighted by atomic mass is 10.1. The van der Waals surface area contributed by atoms with Crippen molar-refractivity contribution in [3.05, 3.63) is 87.3 Å². The number of hydrogen-bond donors (Lipinski definition) is 1. The largest absolute Gasteiger partial charge is 0.493 e. The third-order valence-corrected chi connectivity index (χ3v) is 7.24. The third kappa shape index (κ3) is 5.87. The standard InChI is InChI=1S/C29H28N2O4S2/c1-17-12-19(3)27(20(4)13-17)30-26(32)16-35-23-11-10-21(14-24(23)34-5)15-25-28(33)31(29(36)37-25)22-9-7-6-8-18(22)2/h6-15H,16H2,1-5H3,(H,30,32)/b25-15-. The SMILES string of the molecule is COc1cc(/C=C2\SC(=S)N(c3ccccc3C)C2=O)ccc1OCC(=O)Nc1c(C)cc(C)cc1C. The van der Waals surface area contributed by atoms with Crippen LogP contribution in [-0.2, 0) is 9.59 Å². The molecule has 3 aromatic rings. The molecule has 1 fully saturated rings. The molecule has 1 aliphatic heterocycles. The molecule has 0 atom stereocenters. The highest BCUT2D eigenvalue weighted by atomic mass is 32.2. The molecular weight excluding hydrogens is 504 g/mol. The Morgan fingerprint density at radius 2 is 1.70 bits per heavy atom. The maximum atomic E-state index is 13.1. The maximum Gasteiger partial charge on any atom is 0.270 e. The summed E-state index contributed by atoms with van der Waals surface area (Å²) in [5, 5.41) is 2.93. The first-order valence-electron chi connectivity index (χ1n) is 11.7. The zero-order chi connectivity index (χ0) is 26.7. The van der Waals surface area contributed by atoms with Gasteiger partial charge in [0.25, 0.3) is 11.8 Å². The summed E-state index contributed by atoms with van der Waals surface area (Å²) >= 11 is 6.75. The highest BCUT2D eigenvalue weighted by Crippen LogP contribution is 2.38. The molecule has 0 saturated carbocycles. The van der Waals surface area contributed by atoms with Crippen molar-refractivity contribution in [2.75, 3.05) is 23.9 Å². The van der Waals surface area contributed by atoms with E-state index in [1.165, 1.54) is 18.9 Å². The average molecular weight is 533 g/mol. The number of nitrogens with one attached hydrogen (secondary N) is 1. The van der Waals surface area contributed by atoms with Gasteiger partial charge in [0, 0.05) is 5.69 Å². The average Bonchev–Trinajstić information content (AvgIpc) is 3.13. The van der Waals surface area contributed by atoms with Crippen molar-refractivity contribution >= 4 is 57.6 Å². The molecule has 0 spiro atoms. The van der Waals surface area contributed by atoms with Gasteiger partial charge in [-0.15, -0.1) is 0 Å². The maximum absolute atomic E-state index is 13.1. The Balaban J connectivity index is 1.47. The number of rotatable bonds is 7. The normalized spacial score (nSPS) is 14.3. The van der Waals surface area contributed by atoms with Crippen molar-refractivity contribution in [2.45, 2.75) is 27.7 Å². The highest BCUT2D eigenvalue weighted by molar-refractivity contribution is 8.27. The van der Waals surface area contributed by atoms with Crippen LogP contribution in [0, 0.1) is 27.7 Å². The van der Waals surface area contributed by atoms with Crippen LogP contribution in [0.1, 0.15) is 27.8 Å². The molecule has 0 aromatic heterocycles. The molecule has 37 heavy (non-hydrogen) atoms. The summed E-state index contributed by atoms with van der Waals surface area (Å²) in [7, 11) is 1.53. The number of hydrogen-bond acceptors (Lipinski definition) is 6. The van der Waals surface area contributed by atoms with Crippen LogP contribution >= 0.6 is 24.0 Å². The van der Waals surface area contributed by atoms with Crippen LogP contribution in [0.2, 0.25) is 0 Å². The van der Waals surface area contributed by atoms with Gasteiger partial charge in [0.15, 0.2) is 22.4 Å². The number of para-hydroxylation sites is 1. The summed E-state index contributed by atoms with van der Waals surface area (Å²) in [6, 6.07) is 17.0. The van der Waals surface area contributed by atoms with E-state index in [4.69, 9.17) is 21.7 Å². The molecule has 0 bridgehead atoms. The van der Waals surface area contributed by atoms with E-state index >= 15 is 0 Å². The Hall–Kier alpha value is -3.62. The second-order valence-electron chi connectivity index (χ2n) is 8.82. The van der Waals surface area contributed by atoms with Crippen LogP contribution in [0.15, 0.2) is 59.5 Å². The summed E-state index contributed by atoms with van der Waals surface area (Å²) in [6.45, 7) is 7.73. The Bertz CT molecular complexity index is 1410. The van der Waals surface area contributed by atoms with Gasteiger partial charge >= 0.3 is 0 Å². The smallest absolute Gasteiger partial charge is 0.270 e. The van der Waals surface area contributed by atoms with Gasteiger partial charge in [0.1, 0.15) is 0 Å². The number of aryl methyl sites for hydroxylation is 4. The van der Waals surface area contributed by atoms with Gasteiger partial charge in [-0.05, 0) is 74.2 Å².